The predicted octanol–water partition coefficient (Wildman–Crippen LogP) is 1.86. The van der Waals surface area contributed by atoms with Gasteiger partial charge >= 0.3 is 0 Å². The molecule has 1 N–H and O–H groups in total. The van der Waals surface area contributed by atoms with E-state index in [4.69, 9.17) is 9.84 Å². The third-order valence-electron chi connectivity index (χ3n) is 3.42. The molecule has 0 aromatic heterocycles. The monoisotopic (exact) mass is 249 g/mol. The van der Waals surface area contributed by atoms with Gasteiger partial charge in [-0.15, -0.1) is 0 Å². The Bertz CT molecular complexity index is 445. The highest BCUT2D eigenvalue weighted by atomic mass is 16.5. The van der Waals surface area contributed by atoms with Crippen molar-refractivity contribution in [1.29, 1.82) is 0 Å². The minimum atomic E-state index is 0.0590. The molecule has 98 valence electrons. The molecule has 1 aromatic carbocycles. The van der Waals surface area contributed by atoms with Gasteiger partial charge in [0, 0.05) is 19.2 Å². The van der Waals surface area contributed by atoms with E-state index in [9.17, 15) is 4.79 Å². The summed E-state index contributed by atoms with van der Waals surface area (Å²) in [6.45, 7) is 2.39. The van der Waals surface area contributed by atoms with Gasteiger partial charge in [0.15, 0.2) is 5.78 Å². The van der Waals surface area contributed by atoms with E-state index in [1.165, 1.54) is 0 Å². The molecule has 1 aromatic rings. The van der Waals surface area contributed by atoms with Crippen LogP contribution in [0.2, 0.25) is 0 Å². The van der Waals surface area contributed by atoms with E-state index in [1.54, 1.807) is 13.0 Å². The number of rotatable bonds is 4. The summed E-state index contributed by atoms with van der Waals surface area (Å²) < 4.78 is 5.70. The smallest absolute Gasteiger partial charge is 0.159 e. The Labute approximate surface area is 107 Å². The van der Waals surface area contributed by atoms with Gasteiger partial charge in [-0.05, 0) is 38.0 Å². The van der Waals surface area contributed by atoms with Crippen molar-refractivity contribution in [2.24, 2.45) is 0 Å². The quantitative estimate of drug-likeness (QED) is 0.827. The summed E-state index contributed by atoms with van der Waals surface area (Å²) in [7, 11) is 2.01. The van der Waals surface area contributed by atoms with Gasteiger partial charge in [-0.25, -0.2) is 0 Å². The number of anilines is 1. The zero-order chi connectivity index (χ0) is 13.1. The fourth-order valence-corrected chi connectivity index (χ4v) is 2.23. The minimum Gasteiger partial charge on any atom is -0.489 e. The van der Waals surface area contributed by atoms with Crippen LogP contribution in [-0.4, -0.2) is 37.2 Å². The van der Waals surface area contributed by atoms with Gasteiger partial charge in [-0.2, -0.15) is 0 Å². The molecule has 1 atom stereocenters. The SMILES string of the molecule is CC(=O)c1ccc2c(c1)N(C)C(CCCO)CO2. The number of ketones is 1. The van der Waals surface area contributed by atoms with Gasteiger partial charge in [-0.3, -0.25) is 4.79 Å². The van der Waals surface area contributed by atoms with E-state index in [0.717, 1.165) is 24.3 Å². The first-order valence-electron chi connectivity index (χ1n) is 6.25. The lowest BCUT2D eigenvalue weighted by Crippen LogP contribution is -2.40. The van der Waals surface area contributed by atoms with Gasteiger partial charge in [-0.1, -0.05) is 0 Å². The molecule has 18 heavy (non-hydrogen) atoms. The van der Waals surface area contributed by atoms with Crippen LogP contribution >= 0.6 is 0 Å². The Morgan fingerprint density at radius 1 is 1.56 bits per heavy atom. The molecule has 0 amide bonds. The average Bonchev–Trinajstić information content (AvgIpc) is 2.37. The molecule has 0 spiro atoms. The second kappa shape index (κ2) is 5.40. The topological polar surface area (TPSA) is 49.8 Å². The van der Waals surface area contributed by atoms with Crippen LogP contribution in [0.3, 0.4) is 0 Å². The standard InChI is InChI=1S/C14H19NO3/c1-10(17)11-5-6-14-13(8-11)15(2)12(9-18-14)4-3-7-16/h5-6,8,12,16H,3-4,7,9H2,1-2H3. The molecule has 1 aliphatic heterocycles. The van der Waals surface area contributed by atoms with Gasteiger partial charge < -0.3 is 14.7 Å². The van der Waals surface area contributed by atoms with E-state index in [2.05, 4.69) is 4.90 Å². The van der Waals surface area contributed by atoms with Crippen molar-refractivity contribution in [3.8, 4) is 5.75 Å². The fourth-order valence-electron chi connectivity index (χ4n) is 2.23. The van der Waals surface area contributed by atoms with Crippen LogP contribution < -0.4 is 9.64 Å². The normalized spacial score (nSPS) is 18.2. The molecule has 0 aliphatic carbocycles. The maximum absolute atomic E-state index is 11.4. The summed E-state index contributed by atoms with van der Waals surface area (Å²) in [6, 6.07) is 5.78. The lowest BCUT2D eigenvalue weighted by Gasteiger charge is -2.36. The first-order chi connectivity index (χ1) is 8.63. The number of hydrogen-bond acceptors (Lipinski definition) is 4. The molecule has 4 heteroatoms. The number of fused-ring (bicyclic) bond motifs is 1. The Morgan fingerprint density at radius 3 is 3.00 bits per heavy atom. The van der Waals surface area contributed by atoms with Crippen molar-refractivity contribution in [1.82, 2.24) is 0 Å². The third-order valence-corrected chi connectivity index (χ3v) is 3.42. The number of carbonyl (C=O) groups is 1. The second-order valence-electron chi connectivity index (χ2n) is 4.68. The summed E-state index contributed by atoms with van der Waals surface area (Å²) >= 11 is 0. The predicted molar refractivity (Wildman–Crippen MR) is 70.5 cm³/mol. The van der Waals surface area contributed by atoms with E-state index in [0.29, 0.717) is 12.2 Å². The molecule has 2 rings (SSSR count). The van der Waals surface area contributed by atoms with E-state index >= 15 is 0 Å². The number of nitrogens with zero attached hydrogens (tertiary/aromatic N) is 1. The molecule has 4 nitrogen and oxygen atoms in total. The largest absolute Gasteiger partial charge is 0.489 e. The van der Waals surface area contributed by atoms with E-state index in [-0.39, 0.29) is 18.4 Å². The van der Waals surface area contributed by atoms with Crippen LogP contribution in [0.15, 0.2) is 18.2 Å². The molecule has 0 fully saturated rings. The second-order valence-corrected chi connectivity index (χ2v) is 4.68. The zero-order valence-electron chi connectivity index (χ0n) is 10.8. The molecular formula is C14H19NO3. The minimum absolute atomic E-state index is 0.0590. The molecule has 1 aliphatic rings. The summed E-state index contributed by atoms with van der Waals surface area (Å²) in [6.07, 6.45) is 1.65. The summed E-state index contributed by atoms with van der Waals surface area (Å²) in [5.74, 6) is 0.881. The highest BCUT2D eigenvalue weighted by molar-refractivity contribution is 5.95. The van der Waals surface area contributed by atoms with Gasteiger partial charge in [0.2, 0.25) is 0 Å². The lowest BCUT2D eigenvalue weighted by atomic mass is 10.1. The van der Waals surface area contributed by atoms with Crippen LogP contribution in [0.4, 0.5) is 5.69 Å². The van der Waals surface area contributed by atoms with Crippen molar-refractivity contribution in [2.75, 3.05) is 25.2 Å². The number of hydrogen-bond donors (Lipinski definition) is 1. The molecule has 1 heterocycles. The molecule has 0 bridgehead atoms. The number of benzene rings is 1. The maximum atomic E-state index is 11.4. The third kappa shape index (κ3) is 2.48. The number of Topliss-reactive ketones (excluding diaryl/α,β-unsaturated/α-hetero) is 1. The Kier molecular flexibility index (Phi) is 3.87. The zero-order valence-corrected chi connectivity index (χ0v) is 10.8. The van der Waals surface area contributed by atoms with Crippen LogP contribution in [0.25, 0.3) is 0 Å². The van der Waals surface area contributed by atoms with Gasteiger partial charge in [0.25, 0.3) is 0 Å². The first-order valence-corrected chi connectivity index (χ1v) is 6.25. The van der Waals surface area contributed by atoms with Crippen LogP contribution in [-0.2, 0) is 0 Å². The maximum Gasteiger partial charge on any atom is 0.159 e. The average molecular weight is 249 g/mol. The fraction of sp³-hybridized carbons (Fsp3) is 0.500. The van der Waals surface area contributed by atoms with Crippen LogP contribution in [0.5, 0.6) is 5.75 Å². The number of carbonyl (C=O) groups excluding carboxylic acids is 1. The van der Waals surface area contributed by atoms with Crippen molar-refractivity contribution in [3.63, 3.8) is 0 Å². The Hall–Kier alpha value is -1.55. The van der Waals surface area contributed by atoms with Gasteiger partial charge in [0.1, 0.15) is 12.4 Å². The Morgan fingerprint density at radius 2 is 2.33 bits per heavy atom. The molecule has 0 radical (unpaired) electrons. The van der Waals surface area contributed by atoms with Crippen molar-refractivity contribution < 1.29 is 14.6 Å². The van der Waals surface area contributed by atoms with Crippen molar-refractivity contribution >= 4 is 11.5 Å². The summed E-state index contributed by atoms with van der Waals surface area (Å²) in [4.78, 5) is 13.5. The molecule has 0 saturated heterocycles. The highest BCUT2D eigenvalue weighted by Crippen LogP contribution is 2.34. The molecule has 1 unspecified atom stereocenters. The lowest BCUT2D eigenvalue weighted by molar-refractivity contribution is 0.101. The summed E-state index contributed by atoms with van der Waals surface area (Å²) in [5, 5.41) is 8.89. The van der Waals surface area contributed by atoms with E-state index in [1.807, 2.05) is 19.2 Å². The summed E-state index contributed by atoms with van der Waals surface area (Å²) in [5.41, 5.74) is 1.66. The van der Waals surface area contributed by atoms with Crippen LogP contribution in [0.1, 0.15) is 30.1 Å². The highest BCUT2D eigenvalue weighted by Gasteiger charge is 2.24. The molecule has 0 saturated carbocycles. The number of ether oxygens (including phenoxy) is 1. The van der Waals surface area contributed by atoms with Crippen LogP contribution in [0, 0.1) is 0 Å². The van der Waals surface area contributed by atoms with E-state index < -0.39 is 0 Å². The molecular weight excluding hydrogens is 230 g/mol. The number of likely N-dealkylation sites (N-methyl/N-ethyl adjacent to an activating group) is 1. The number of aliphatic hydroxyl groups is 1. The Balaban J connectivity index is 2.23. The van der Waals surface area contributed by atoms with Gasteiger partial charge in [0.05, 0.1) is 11.7 Å². The number of aliphatic hydroxyl groups excluding tert-OH is 1. The van der Waals surface area contributed by atoms with Crippen molar-refractivity contribution in [3.05, 3.63) is 23.8 Å². The van der Waals surface area contributed by atoms with Crippen molar-refractivity contribution in [2.45, 2.75) is 25.8 Å². The first kappa shape index (κ1) is 12.9.